The Bertz CT molecular complexity index is 612. The van der Waals surface area contributed by atoms with Crippen molar-refractivity contribution in [1.29, 1.82) is 5.41 Å². The Kier molecular flexibility index (Phi) is 4.48. The Morgan fingerprint density at radius 1 is 1.15 bits per heavy atom. The molecular weight excluding hydrogens is 276 g/mol. The number of hydrogen-bond acceptors (Lipinski definition) is 3. The monoisotopic (exact) mass is 290 g/mol. The molecule has 3 N–H and O–H groups in total. The molecule has 0 spiro atoms. The fourth-order valence-electron chi connectivity index (χ4n) is 1.66. The SMILES string of the molecule is COc1ccc(OCc2ccc(C(=N)N)cc2Cl)cc1. The second-order valence-corrected chi connectivity index (χ2v) is 4.59. The van der Waals surface area contributed by atoms with Gasteiger partial charge in [-0.1, -0.05) is 23.7 Å². The van der Waals surface area contributed by atoms with Crippen LogP contribution in [0.2, 0.25) is 5.02 Å². The van der Waals surface area contributed by atoms with Crippen molar-refractivity contribution < 1.29 is 9.47 Å². The zero-order valence-electron chi connectivity index (χ0n) is 11.0. The number of nitrogens with two attached hydrogens (primary N) is 1. The number of rotatable bonds is 5. The average Bonchev–Trinajstić information content (AvgIpc) is 2.46. The molecule has 0 aliphatic heterocycles. The van der Waals surface area contributed by atoms with Crippen LogP contribution in [0, 0.1) is 5.41 Å². The predicted molar refractivity (Wildman–Crippen MR) is 79.8 cm³/mol. The van der Waals surface area contributed by atoms with E-state index in [1.807, 2.05) is 30.3 Å². The third-order valence-electron chi connectivity index (χ3n) is 2.82. The molecule has 0 heterocycles. The van der Waals surface area contributed by atoms with E-state index in [0.717, 1.165) is 17.1 Å². The Balaban J connectivity index is 2.04. The molecule has 0 aliphatic carbocycles. The van der Waals surface area contributed by atoms with Gasteiger partial charge in [0.15, 0.2) is 0 Å². The van der Waals surface area contributed by atoms with Crippen molar-refractivity contribution in [3.8, 4) is 11.5 Å². The number of amidine groups is 1. The topological polar surface area (TPSA) is 68.3 Å². The van der Waals surface area contributed by atoms with E-state index in [4.69, 9.17) is 32.2 Å². The summed E-state index contributed by atoms with van der Waals surface area (Å²) in [6.45, 7) is 0.351. The Labute approximate surface area is 122 Å². The van der Waals surface area contributed by atoms with Gasteiger partial charge >= 0.3 is 0 Å². The summed E-state index contributed by atoms with van der Waals surface area (Å²) < 4.78 is 10.7. The molecule has 4 nitrogen and oxygen atoms in total. The first-order chi connectivity index (χ1) is 9.60. The van der Waals surface area contributed by atoms with Gasteiger partial charge in [0.2, 0.25) is 0 Å². The van der Waals surface area contributed by atoms with Crippen LogP contribution in [-0.4, -0.2) is 12.9 Å². The third kappa shape index (κ3) is 3.42. The number of nitrogens with one attached hydrogen (secondary N) is 1. The van der Waals surface area contributed by atoms with E-state index < -0.39 is 0 Å². The molecule has 0 unspecified atom stereocenters. The maximum atomic E-state index is 7.35. The van der Waals surface area contributed by atoms with Crippen LogP contribution in [0.15, 0.2) is 42.5 Å². The van der Waals surface area contributed by atoms with E-state index in [1.165, 1.54) is 0 Å². The maximum absolute atomic E-state index is 7.35. The summed E-state index contributed by atoms with van der Waals surface area (Å²) in [6.07, 6.45) is 0. The Hall–Kier alpha value is -2.20. The summed E-state index contributed by atoms with van der Waals surface area (Å²) >= 11 is 6.14. The van der Waals surface area contributed by atoms with E-state index in [9.17, 15) is 0 Å². The lowest BCUT2D eigenvalue weighted by molar-refractivity contribution is 0.305. The minimum absolute atomic E-state index is 0.00507. The highest BCUT2D eigenvalue weighted by Crippen LogP contribution is 2.22. The smallest absolute Gasteiger partial charge is 0.122 e. The summed E-state index contributed by atoms with van der Waals surface area (Å²) in [5.41, 5.74) is 6.85. The van der Waals surface area contributed by atoms with Crippen molar-refractivity contribution >= 4 is 17.4 Å². The molecule has 2 aromatic carbocycles. The van der Waals surface area contributed by atoms with Crippen molar-refractivity contribution in [3.63, 3.8) is 0 Å². The lowest BCUT2D eigenvalue weighted by Gasteiger charge is -2.09. The predicted octanol–water partition coefficient (Wildman–Crippen LogP) is 3.21. The van der Waals surface area contributed by atoms with Crippen molar-refractivity contribution in [3.05, 3.63) is 58.6 Å². The van der Waals surface area contributed by atoms with E-state index in [0.29, 0.717) is 17.2 Å². The van der Waals surface area contributed by atoms with Crippen LogP contribution in [0.5, 0.6) is 11.5 Å². The molecule has 0 amide bonds. The normalized spacial score (nSPS) is 10.1. The van der Waals surface area contributed by atoms with Crippen LogP contribution in [0.1, 0.15) is 11.1 Å². The minimum atomic E-state index is -0.00507. The van der Waals surface area contributed by atoms with Crippen LogP contribution in [0.3, 0.4) is 0 Å². The zero-order valence-corrected chi connectivity index (χ0v) is 11.8. The summed E-state index contributed by atoms with van der Waals surface area (Å²) in [6, 6.07) is 12.5. The lowest BCUT2D eigenvalue weighted by Crippen LogP contribution is -2.11. The molecule has 0 aliphatic rings. The summed E-state index contributed by atoms with van der Waals surface area (Å²) in [4.78, 5) is 0. The summed E-state index contributed by atoms with van der Waals surface area (Å²) in [5, 5.41) is 7.89. The van der Waals surface area contributed by atoms with E-state index in [2.05, 4.69) is 0 Å². The first kappa shape index (κ1) is 14.2. The number of halogens is 1. The number of nitrogen functional groups attached to an aromatic ring is 1. The number of ether oxygens (including phenoxy) is 2. The van der Waals surface area contributed by atoms with Crippen LogP contribution in [0.25, 0.3) is 0 Å². The number of hydrogen-bond donors (Lipinski definition) is 2. The Morgan fingerprint density at radius 3 is 2.35 bits per heavy atom. The third-order valence-corrected chi connectivity index (χ3v) is 3.17. The summed E-state index contributed by atoms with van der Waals surface area (Å²) in [7, 11) is 1.62. The van der Waals surface area contributed by atoms with Gasteiger partial charge in [0.1, 0.15) is 23.9 Å². The van der Waals surface area contributed by atoms with Crippen molar-refractivity contribution in [2.75, 3.05) is 7.11 Å². The molecule has 0 saturated heterocycles. The molecule has 0 atom stereocenters. The van der Waals surface area contributed by atoms with Gasteiger partial charge in [-0.15, -0.1) is 0 Å². The first-order valence-corrected chi connectivity index (χ1v) is 6.37. The average molecular weight is 291 g/mol. The van der Waals surface area contributed by atoms with Gasteiger partial charge in [-0.25, -0.2) is 0 Å². The molecule has 0 fully saturated rings. The van der Waals surface area contributed by atoms with Gasteiger partial charge in [-0.05, 0) is 30.3 Å². The number of benzene rings is 2. The van der Waals surface area contributed by atoms with Crippen molar-refractivity contribution in [2.45, 2.75) is 6.61 Å². The van der Waals surface area contributed by atoms with Crippen molar-refractivity contribution in [1.82, 2.24) is 0 Å². The molecule has 0 radical (unpaired) electrons. The molecular formula is C15H15ClN2O2. The van der Waals surface area contributed by atoms with Crippen LogP contribution in [-0.2, 0) is 6.61 Å². The van der Waals surface area contributed by atoms with E-state index in [1.54, 1.807) is 19.2 Å². The first-order valence-electron chi connectivity index (χ1n) is 6.00. The summed E-state index contributed by atoms with van der Waals surface area (Å²) in [5.74, 6) is 1.51. The second-order valence-electron chi connectivity index (χ2n) is 4.18. The highest BCUT2D eigenvalue weighted by atomic mass is 35.5. The molecule has 2 aromatic rings. The van der Waals surface area contributed by atoms with Crippen molar-refractivity contribution in [2.24, 2.45) is 5.73 Å². The van der Waals surface area contributed by atoms with Gasteiger partial charge in [0, 0.05) is 16.1 Å². The van der Waals surface area contributed by atoms with Crippen LogP contribution >= 0.6 is 11.6 Å². The second kappa shape index (κ2) is 6.30. The van der Waals surface area contributed by atoms with E-state index in [-0.39, 0.29) is 5.84 Å². The molecule has 0 saturated carbocycles. The van der Waals surface area contributed by atoms with Gasteiger partial charge in [-0.2, -0.15) is 0 Å². The van der Waals surface area contributed by atoms with Gasteiger partial charge in [-0.3, -0.25) is 5.41 Å². The molecule has 2 rings (SSSR count). The molecule has 0 aromatic heterocycles. The maximum Gasteiger partial charge on any atom is 0.122 e. The quantitative estimate of drug-likeness (QED) is 0.656. The molecule has 5 heteroatoms. The largest absolute Gasteiger partial charge is 0.497 e. The van der Waals surface area contributed by atoms with Crippen LogP contribution < -0.4 is 15.2 Å². The van der Waals surface area contributed by atoms with Crippen LogP contribution in [0.4, 0.5) is 0 Å². The number of methoxy groups -OCH3 is 1. The van der Waals surface area contributed by atoms with E-state index >= 15 is 0 Å². The molecule has 20 heavy (non-hydrogen) atoms. The highest BCUT2D eigenvalue weighted by molar-refractivity contribution is 6.31. The molecule has 104 valence electrons. The van der Waals surface area contributed by atoms with Gasteiger partial charge < -0.3 is 15.2 Å². The highest BCUT2D eigenvalue weighted by Gasteiger charge is 2.05. The van der Waals surface area contributed by atoms with Gasteiger partial charge in [0.25, 0.3) is 0 Å². The lowest BCUT2D eigenvalue weighted by atomic mass is 10.1. The standard InChI is InChI=1S/C15H15ClN2O2/c1-19-12-4-6-13(7-5-12)20-9-11-3-2-10(15(17)18)8-14(11)16/h2-8H,9H2,1H3,(H3,17,18). The van der Waals surface area contributed by atoms with Gasteiger partial charge in [0.05, 0.1) is 7.11 Å². The Morgan fingerprint density at radius 2 is 1.80 bits per heavy atom. The fraction of sp³-hybridized carbons (Fsp3) is 0.133. The molecule has 0 bridgehead atoms. The fourth-order valence-corrected chi connectivity index (χ4v) is 1.90. The minimum Gasteiger partial charge on any atom is -0.497 e. The zero-order chi connectivity index (χ0) is 14.5.